The molecule has 2 aromatic carbocycles. The maximum atomic E-state index is 5.58. The summed E-state index contributed by atoms with van der Waals surface area (Å²) in [4.78, 5) is 4.66. The zero-order valence-corrected chi connectivity index (χ0v) is 16.1. The Bertz CT molecular complexity index is 745. The molecule has 6 heteroatoms. The first-order valence-corrected chi connectivity index (χ1v) is 9.14. The van der Waals surface area contributed by atoms with Crippen LogP contribution in [-0.2, 0) is 6.54 Å². The fraction of sp³-hybridized carbons (Fsp3) is 0.350. The molecule has 0 unspecified atom stereocenters. The Morgan fingerprint density at radius 3 is 2.31 bits per heavy atom. The standard InChI is InChI=1S/C20H25N3O2S/c1-24-18-7-3-5-16(13-18)15-22-9-11-23(12-10-22)20(26)21-17-6-4-8-19(14-17)25-2/h3-8,13-14H,9-12,15H2,1-2H3,(H,21,26). The Hall–Kier alpha value is -2.31. The zero-order valence-electron chi connectivity index (χ0n) is 15.3. The summed E-state index contributed by atoms with van der Waals surface area (Å²) in [5.41, 5.74) is 2.23. The third-order valence-electron chi connectivity index (χ3n) is 4.52. The molecular formula is C20H25N3O2S. The smallest absolute Gasteiger partial charge is 0.173 e. The third kappa shape index (κ3) is 4.86. The van der Waals surface area contributed by atoms with Crippen LogP contribution in [0.1, 0.15) is 5.56 Å². The van der Waals surface area contributed by atoms with E-state index >= 15 is 0 Å². The van der Waals surface area contributed by atoms with E-state index in [0.717, 1.165) is 55.0 Å². The molecule has 1 aliphatic rings. The number of piperazine rings is 1. The van der Waals surface area contributed by atoms with Crippen LogP contribution in [0.2, 0.25) is 0 Å². The SMILES string of the molecule is COc1cccc(CN2CCN(C(=S)Nc3cccc(OC)c3)CC2)c1. The summed E-state index contributed by atoms with van der Waals surface area (Å²) < 4.78 is 10.6. The van der Waals surface area contributed by atoms with E-state index in [1.54, 1.807) is 14.2 Å². The molecule has 3 rings (SSSR count). The van der Waals surface area contributed by atoms with Gasteiger partial charge in [-0.15, -0.1) is 0 Å². The number of hydrogen-bond acceptors (Lipinski definition) is 4. The Kier molecular flexibility index (Phi) is 6.30. The molecule has 0 aromatic heterocycles. The second kappa shape index (κ2) is 8.87. The minimum Gasteiger partial charge on any atom is -0.497 e. The molecule has 0 bridgehead atoms. The molecule has 1 aliphatic heterocycles. The van der Waals surface area contributed by atoms with E-state index in [1.807, 2.05) is 36.4 Å². The Balaban J connectivity index is 1.50. The Labute approximate surface area is 160 Å². The normalized spacial score (nSPS) is 14.8. The summed E-state index contributed by atoms with van der Waals surface area (Å²) in [7, 11) is 3.37. The van der Waals surface area contributed by atoms with Gasteiger partial charge in [0.05, 0.1) is 14.2 Å². The van der Waals surface area contributed by atoms with E-state index in [1.165, 1.54) is 5.56 Å². The van der Waals surface area contributed by atoms with Crippen molar-refractivity contribution in [2.24, 2.45) is 0 Å². The van der Waals surface area contributed by atoms with Gasteiger partial charge in [0, 0.05) is 44.5 Å². The van der Waals surface area contributed by atoms with Crippen LogP contribution in [0.25, 0.3) is 0 Å². The van der Waals surface area contributed by atoms with Crippen molar-refractivity contribution in [3.8, 4) is 11.5 Å². The van der Waals surface area contributed by atoms with Gasteiger partial charge in [0.15, 0.2) is 5.11 Å². The van der Waals surface area contributed by atoms with Crippen LogP contribution in [0.15, 0.2) is 48.5 Å². The maximum absolute atomic E-state index is 5.58. The number of benzene rings is 2. The number of thiocarbonyl (C=S) groups is 1. The fourth-order valence-corrected chi connectivity index (χ4v) is 3.34. The predicted octanol–water partition coefficient (Wildman–Crippen LogP) is 3.22. The van der Waals surface area contributed by atoms with Crippen molar-refractivity contribution >= 4 is 23.0 Å². The van der Waals surface area contributed by atoms with E-state index < -0.39 is 0 Å². The molecule has 1 N–H and O–H groups in total. The van der Waals surface area contributed by atoms with Crippen molar-refractivity contribution < 1.29 is 9.47 Å². The van der Waals surface area contributed by atoms with Crippen LogP contribution >= 0.6 is 12.2 Å². The van der Waals surface area contributed by atoms with Crippen LogP contribution in [0.4, 0.5) is 5.69 Å². The maximum Gasteiger partial charge on any atom is 0.173 e. The van der Waals surface area contributed by atoms with Gasteiger partial charge in [-0.2, -0.15) is 0 Å². The second-order valence-electron chi connectivity index (χ2n) is 6.28. The molecule has 1 saturated heterocycles. The Morgan fingerprint density at radius 1 is 0.962 bits per heavy atom. The molecular weight excluding hydrogens is 346 g/mol. The minimum atomic E-state index is 0.763. The van der Waals surface area contributed by atoms with E-state index in [-0.39, 0.29) is 0 Å². The molecule has 26 heavy (non-hydrogen) atoms. The second-order valence-corrected chi connectivity index (χ2v) is 6.66. The summed E-state index contributed by atoms with van der Waals surface area (Å²) in [5.74, 6) is 1.73. The van der Waals surface area contributed by atoms with Gasteiger partial charge in [-0.3, -0.25) is 4.90 Å². The molecule has 1 fully saturated rings. The third-order valence-corrected chi connectivity index (χ3v) is 4.88. The Morgan fingerprint density at radius 2 is 1.62 bits per heavy atom. The topological polar surface area (TPSA) is 37.0 Å². The first-order valence-electron chi connectivity index (χ1n) is 8.73. The molecule has 138 valence electrons. The van der Waals surface area contributed by atoms with Gasteiger partial charge in [-0.1, -0.05) is 18.2 Å². The highest BCUT2D eigenvalue weighted by atomic mass is 32.1. The predicted molar refractivity (Wildman–Crippen MR) is 109 cm³/mol. The number of nitrogens with one attached hydrogen (secondary N) is 1. The van der Waals surface area contributed by atoms with Crippen molar-refractivity contribution in [3.05, 3.63) is 54.1 Å². The zero-order chi connectivity index (χ0) is 18.4. The lowest BCUT2D eigenvalue weighted by molar-refractivity contribution is 0.177. The first kappa shape index (κ1) is 18.5. The molecule has 2 aromatic rings. The molecule has 0 atom stereocenters. The number of ether oxygens (including phenoxy) is 2. The highest BCUT2D eigenvalue weighted by molar-refractivity contribution is 7.80. The summed E-state index contributed by atoms with van der Waals surface area (Å²) in [6, 6.07) is 16.1. The highest BCUT2D eigenvalue weighted by Crippen LogP contribution is 2.18. The summed E-state index contributed by atoms with van der Waals surface area (Å²) >= 11 is 5.58. The average molecular weight is 372 g/mol. The van der Waals surface area contributed by atoms with Crippen LogP contribution in [0.5, 0.6) is 11.5 Å². The van der Waals surface area contributed by atoms with E-state index in [0.29, 0.717) is 0 Å². The van der Waals surface area contributed by atoms with Crippen molar-refractivity contribution in [1.82, 2.24) is 9.80 Å². The first-order chi connectivity index (χ1) is 12.7. The van der Waals surface area contributed by atoms with E-state index in [9.17, 15) is 0 Å². The van der Waals surface area contributed by atoms with Crippen LogP contribution in [0.3, 0.4) is 0 Å². The molecule has 0 amide bonds. The molecule has 0 saturated carbocycles. The number of methoxy groups -OCH3 is 2. The molecule has 0 spiro atoms. The average Bonchev–Trinajstić information content (AvgIpc) is 2.69. The van der Waals surface area contributed by atoms with Crippen molar-refractivity contribution in [2.45, 2.75) is 6.54 Å². The van der Waals surface area contributed by atoms with Crippen LogP contribution < -0.4 is 14.8 Å². The molecule has 5 nitrogen and oxygen atoms in total. The number of nitrogens with zero attached hydrogens (tertiary/aromatic N) is 2. The lowest BCUT2D eigenvalue weighted by atomic mass is 10.2. The quantitative estimate of drug-likeness (QED) is 0.814. The van der Waals surface area contributed by atoms with Gasteiger partial charge in [-0.25, -0.2) is 0 Å². The number of anilines is 1. The number of rotatable bonds is 5. The molecule has 0 radical (unpaired) electrons. The summed E-state index contributed by atoms with van der Waals surface area (Å²) in [6.45, 7) is 4.73. The van der Waals surface area contributed by atoms with Gasteiger partial charge in [0.1, 0.15) is 11.5 Å². The summed E-state index contributed by atoms with van der Waals surface area (Å²) in [5, 5.41) is 4.07. The van der Waals surface area contributed by atoms with Crippen LogP contribution in [-0.4, -0.2) is 55.3 Å². The van der Waals surface area contributed by atoms with Crippen molar-refractivity contribution in [2.75, 3.05) is 45.7 Å². The fourth-order valence-electron chi connectivity index (χ4n) is 3.04. The number of hydrogen-bond donors (Lipinski definition) is 1. The van der Waals surface area contributed by atoms with Gasteiger partial charge < -0.3 is 19.7 Å². The van der Waals surface area contributed by atoms with E-state index in [2.05, 4.69) is 27.2 Å². The van der Waals surface area contributed by atoms with Crippen LogP contribution in [0, 0.1) is 0 Å². The van der Waals surface area contributed by atoms with Gasteiger partial charge in [-0.05, 0) is 42.0 Å². The monoisotopic (exact) mass is 371 g/mol. The van der Waals surface area contributed by atoms with Gasteiger partial charge in [0.25, 0.3) is 0 Å². The lowest BCUT2D eigenvalue weighted by Crippen LogP contribution is -2.49. The van der Waals surface area contributed by atoms with E-state index in [4.69, 9.17) is 21.7 Å². The van der Waals surface area contributed by atoms with Gasteiger partial charge >= 0.3 is 0 Å². The van der Waals surface area contributed by atoms with Crippen molar-refractivity contribution in [1.29, 1.82) is 0 Å². The minimum absolute atomic E-state index is 0.763. The van der Waals surface area contributed by atoms with Crippen molar-refractivity contribution in [3.63, 3.8) is 0 Å². The highest BCUT2D eigenvalue weighted by Gasteiger charge is 2.19. The van der Waals surface area contributed by atoms with Gasteiger partial charge in [0.2, 0.25) is 0 Å². The largest absolute Gasteiger partial charge is 0.497 e. The lowest BCUT2D eigenvalue weighted by Gasteiger charge is -2.36. The molecule has 0 aliphatic carbocycles. The molecule has 1 heterocycles. The summed E-state index contributed by atoms with van der Waals surface area (Å²) in [6.07, 6.45) is 0.